The molecule has 1 aliphatic heterocycles. The highest BCUT2D eigenvalue weighted by Gasteiger charge is 2.31. The number of hydrogen-bond donors (Lipinski definition) is 2. The maximum atomic E-state index is 13.1. The highest BCUT2D eigenvalue weighted by Crippen LogP contribution is 2.35. The molecule has 1 atom stereocenters. The fourth-order valence-corrected chi connectivity index (χ4v) is 3.08. The summed E-state index contributed by atoms with van der Waals surface area (Å²) in [4.78, 5) is 22.3. The van der Waals surface area contributed by atoms with Crippen molar-refractivity contribution < 1.29 is 32.4 Å². The van der Waals surface area contributed by atoms with Crippen molar-refractivity contribution in [3.05, 3.63) is 58.1 Å². The van der Waals surface area contributed by atoms with E-state index in [2.05, 4.69) is 10.6 Å². The molecule has 2 aromatic carbocycles. The first-order chi connectivity index (χ1) is 14.7. The van der Waals surface area contributed by atoms with Crippen molar-refractivity contribution in [3.63, 3.8) is 0 Å². The van der Waals surface area contributed by atoms with E-state index in [0.29, 0.717) is 0 Å². The number of amides is 1. The van der Waals surface area contributed by atoms with E-state index in [4.69, 9.17) is 9.47 Å². The zero-order valence-corrected chi connectivity index (χ0v) is 16.3. The van der Waals surface area contributed by atoms with Crippen LogP contribution in [-0.4, -0.2) is 30.7 Å². The molecule has 8 nitrogen and oxygen atoms in total. The first-order valence-electron chi connectivity index (χ1n) is 9.50. The summed E-state index contributed by atoms with van der Waals surface area (Å²) in [6, 6.07) is 7.49. The molecule has 0 saturated carbocycles. The number of piperidine rings is 1. The fraction of sp³-hybridized carbons (Fsp3) is 0.350. The van der Waals surface area contributed by atoms with Crippen LogP contribution in [-0.2, 0) is 6.18 Å². The molecule has 1 amide bonds. The van der Waals surface area contributed by atoms with Crippen molar-refractivity contribution in [1.82, 2.24) is 5.32 Å². The lowest BCUT2D eigenvalue weighted by molar-refractivity contribution is -0.384. The van der Waals surface area contributed by atoms with E-state index in [1.54, 1.807) is 0 Å². The monoisotopic (exact) mass is 439 g/mol. The maximum absolute atomic E-state index is 13.1. The van der Waals surface area contributed by atoms with Gasteiger partial charge in [-0.2, -0.15) is 13.2 Å². The van der Waals surface area contributed by atoms with E-state index in [1.807, 2.05) is 0 Å². The number of carbonyl (C=O) groups excluding carboxylic acids is 1. The summed E-state index contributed by atoms with van der Waals surface area (Å²) in [5.41, 5.74) is -1.34. The second-order valence-corrected chi connectivity index (χ2v) is 7.00. The fourth-order valence-electron chi connectivity index (χ4n) is 3.08. The molecule has 0 spiro atoms. The third-order valence-electron chi connectivity index (χ3n) is 4.68. The number of benzene rings is 2. The molecule has 1 aliphatic rings. The third kappa shape index (κ3) is 6.32. The molecule has 2 aromatic rings. The number of halogens is 3. The first-order valence-corrected chi connectivity index (χ1v) is 9.50. The predicted octanol–water partition coefficient (Wildman–Crippen LogP) is 4.60. The molecule has 0 aliphatic carbocycles. The van der Waals surface area contributed by atoms with Crippen molar-refractivity contribution in [2.45, 2.75) is 19.0 Å². The molecule has 11 heteroatoms. The molecule has 3 rings (SSSR count). The lowest BCUT2D eigenvalue weighted by Gasteiger charge is -2.23. The molecule has 1 unspecified atom stereocenters. The summed E-state index contributed by atoms with van der Waals surface area (Å²) >= 11 is 0. The van der Waals surface area contributed by atoms with Crippen molar-refractivity contribution in [1.29, 1.82) is 0 Å². The van der Waals surface area contributed by atoms with Crippen molar-refractivity contribution in [2.75, 3.05) is 25.0 Å². The molecular weight excluding hydrogens is 419 g/mol. The van der Waals surface area contributed by atoms with Crippen LogP contribution in [0.3, 0.4) is 0 Å². The van der Waals surface area contributed by atoms with E-state index in [1.165, 1.54) is 12.1 Å². The number of hydrogen-bond acceptors (Lipinski definition) is 6. The molecule has 0 radical (unpaired) electrons. The molecule has 0 bridgehead atoms. The third-order valence-corrected chi connectivity index (χ3v) is 4.68. The molecule has 1 saturated heterocycles. The molecule has 166 valence electrons. The lowest BCUT2D eigenvalue weighted by Crippen LogP contribution is -2.33. The molecule has 1 heterocycles. The Morgan fingerprint density at radius 3 is 2.58 bits per heavy atom. The molecule has 0 aromatic heterocycles. The van der Waals surface area contributed by atoms with Crippen molar-refractivity contribution in [3.8, 4) is 11.5 Å². The second kappa shape index (κ2) is 9.65. The smallest absolute Gasteiger partial charge is 0.417 e. The Kier molecular flexibility index (Phi) is 6.95. The number of nitrogens with zero attached hydrogens (tertiary/aromatic N) is 1. The van der Waals surface area contributed by atoms with Crippen LogP contribution < -0.4 is 20.1 Å². The minimum Gasteiger partial charge on any atom is -0.491 e. The summed E-state index contributed by atoms with van der Waals surface area (Å²) in [6.07, 6.45) is -3.76. The van der Waals surface area contributed by atoms with Gasteiger partial charge >= 0.3 is 12.3 Å². The molecule has 1 fully saturated rings. The lowest BCUT2D eigenvalue weighted by atomic mass is 10.0. The van der Waals surface area contributed by atoms with Gasteiger partial charge in [0.05, 0.1) is 22.8 Å². The van der Waals surface area contributed by atoms with E-state index in [0.717, 1.165) is 56.3 Å². The number of ether oxygens (including phenoxy) is 2. The highest BCUT2D eigenvalue weighted by atomic mass is 19.4. The quantitative estimate of drug-likeness (QED) is 0.504. The number of rotatable bonds is 6. The number of non-ortho nitro benzene ring substituents is 1. The average Bonchev–Trinajstić information content (AvgIpc) is 2.73. The van der Waals surface area contributed by atoms with Crippen molar-refractivity contribution >= 4 is 17.5 Å². The largest absolute Gasteiger partial charge is 0.491 e. The summed E-state index contributed by atoms with van der Waals surface area (Å²) < 4.78 is 50.0. The Balaban J connectivity index is 1.72. The van der Waals surface area contributed by atoms with E-state index in [-0.39, 0.29) is 35.4 Å². The number of nitro benzene ring substituents is 1. The van der Waals surface area contributed by atoms with Crippen LogP contribution in [0.4, 0.5) is 29.3 Å². The van der Waals surface area contributed by atoms with Gasteiger partial charge in [0.15, 0.2) is 0 Å². The van der Waals surface area contributed by atoms with Gasteiger partial charge in [0, 0.05) is 24.6 Å². The van der Waals surface area contributed by atoms with Crippen LogP contribution in [0.15, 0.2) is 42.5 Å². The summed E-state index contributed by atoms with van der Waals surface area (Å²) in [6.45, 7) is 1.94. The summed E-state index contributed by atoms with van der Waals surface area (Å²) in [5, 5.41) is 16.2. The number of anilines is 1. The zero-order valence-electron chi connectivity index (χ0n) is 16.3. The Hall–Kier alpha value is -3.34. The highest BCUT2D eigenvalue weighted by molar-refractivity contribution is 5.88. The summed E-state index contributed by atoms with van der Waals surface area (Å²) in [5.74, 6) is 0.279. The average molecular weight is 439 g/mol. The number of nitrogens with one attached hydrogen (secondary N) is 2. The van der Waals surface area contributed by atoms with Gasteiger partial charge in [-0.3, -0.25) is 15.4 Å². The Morgan fingerprint density at radius 2 is 1.97 bits per heavy atom. The van der Waals surface area contributed by atoms with E-state index in [9.17, 15) is 28.1 Å². The topological polar surface area (TPSA) is 103 Å². The molecule has 31 heavy (non-hydrogen) atoms. The molecular formula is C20H20F3N3O5. The second-order valence-electron chi connectivity index (χ2n) is 7.00. The first kappa shape index (κ1) is 22.3. The summed E-state index contributed by atoms with van der Waals surface area (Å²) in [7, 11) is 0. The van der Waals surface area contributed by atoms with Crippen LogP contribution in [0.2, 0.25) is 0 Å². The minimum atomic E-state index is -4.61. The Morgan fingerprint density at radius 1 is 1.23 bits per heavy atom. The number of nitro groups is 1. The standard InChI is InChI=1S/C20H20F3N3O5/c21-20(22,23)14-3-8-18(30-12-13-2-1-9-24-11-13)17(10-14)25-19(27)31-16-6-4-15(5-7-16)26(28)29/h3-8,10,13,24H,1-2,9,11-12H2,(H,25,27). The zero-order chi connectivity index (χ0) is 22.4. The number of carbonyl (C=O) groups is 1. The van der Waals surface area contributed by atoms with E-state index >= 15 is 0 Å². The van der Waals surface area contributed by atoms with E-state index < -0.39 is 22.8 Å². The Bertz CT molecular complexity index is 929. The van der Waals surface area contributed by atoms with Crippen LogP contribution in [0, 0.1) is 16.0 Å². The normalized spacial score (nSPS) is 16.4. The van der Waals surface area contributed by atoms with Crippen LogP contribution in [0.25, 0.3) is 0 Å². The van der Waals surface area contributed by atoms with Crippen LogP contribution in [0.5, 0.6) is 11.5 Å². The van der Waals surface area contributed by atoms with Gasteiger partial charge in [-0.15, -0.1) is 0 Å². The van der Waals surface area contributed by atoms with Crippen molar-refractivity contribution in [2.24, 2.45) is 5.92 Å². The number of alkyl halides is 3. The van der Waals surface area contributed by atoms with Gasteiger partial charge in [-0.1, -0.05) is 0 Å². The minimum absolute atomic E-state index is 0.00850. The van der Waals surface area contributed by atoms with Crippen LogP contribution in [0.1, 0.15) is 18.4 Å². The molecule has 2 N–H and O–H groups in total. The van der Waals surface area contributed by atoms with Gasteiger partial charge in [0.1, 0.15) is 11.5 Å². The van der Waals surface area contributed by atoms with Crippen LogP contribution >= 0.6 is 0 Å². The van der Waals surface area contributed by atoms with Gasteiger partial charge in [0.25, 0.3) is 5.69 Å². The van der Waals surface area contributed by atoms with Gasteiger partial charge in [-0.05, 0) is 49.7 Å². The van der Waals surface area contributed by atoms with Gasteiger partial charge < -0.3 is 14.8 Å². The SMILES string of the molecule is O=C(Nc1cc(C(F)(F)F)ccc1OCC1CCCNC1)Oc1ccc([N+](=O)[O-])cc1. The Labute approximate surface area is 175 Å². The van der Waals surface area contributed by atoms with Gasteiger partial charge in [-0.25, -0.2) is 4.79 Å². The maximum Gasteiger partial charge on any atom is 0.417 e. The van der Waals surface area contributed by atoms with Gasteiger partial charge in [0.2, 0.25) is 0 Å². The predicted molar refractivity (Wildman–Crippen MR) is 105 cm³/mol.